The van der Waals surface area contributed by atoms with E-state index in [-0.39, 0.29) is 5.41 Å². The third-order valence-corrected chi connectivity index (χ3v) is 3.89. The summed E-state index contributed by atoms with van der Waals surface area (Å²) in [7, 11) is 0. The van der Waals surface area contributed by atoms with Crippen molar-refractivity contribution < 1.29 is 0 Å². The van der Waals surface area contributed by atoms with Crippen LogP contribution >= 0.6 is 15.9 Å². The zero-order chi connectivity index (χ0) is 13.1. The molecule has 1 heteroatoms. The molecule has 1 unspecified atom stereocenters. The van der Waals surface area contributed by atoms with Crippen molar-refractivity contribution in [2.24, 2.45) is 5.92 Å². The summed E-state index contributed by atoms with van der Waals surface area (Å²) in [5.74, 6) is 1.37. The molecule has 0 amide bonds. The molecular formula is C16H25Br. The SMILES string of the molecule is CC(C)C(CCBr)c1ccc(C(C)(C)C)cc1. The summed E-state index contributed by atoms with van der Waals surface area (Å²) in [6, 6.07) is 9.21. The molecule has 0 saturated carbocycles. The van der Waals surface area contributed by atoms with E-state index in [0.29, 0.717) is 11.8 Å². The van der Waals surface area contributed by atoms with Gasteiger partial charge in [-0.25, -0.2) is 0 Å². The highest BCUT2D eigenvalue weighted by atomic mass is 79.9. The predicted molar refractivity (Wildman–Crippen MR) is 81.1 cm³/mol. The van der Waals surface area contributed by atoms with Gasteiger partial charge in [0.1, 0.15) is 0 Å². The van der Waals surface area contributed by atoms with E-state index in [1.165, 1.54) is 17.5 Å². The highest BCUT2D eigenvalue weighted by molar-refractivity contribution is 9.09. The molecule has 17 heavy (non-hydrogen) atoms. The number of hydrogen-bond donors (Lipinski definition) is 0. The second kappa shape index (κ2) is 6.04. The first kappa shape index (κ1) is 14.8. The molecule has 0 N–H and O–H groups in total. The van der Waals surface area contributed by atoms with Gasteiger partial charge in [0.05, 0.1) is 0 Å². The predicted octanol–water partition coefficient (Wildman–Crippen LogP) is 5.51. The maximum Gasteiger partial charge on any atom is 0.00372 e. The lowest BCUT2D eigenvalue weighted by atomic mass is 9.82. The molecule has 1 atom stereocenters. The Morgan fingerprint density at radius 1 is 1.06 bits per heavy atom. The summed E-state index contributed by atoms with van der Waals surface area (Å²) in [6.07, 6.45) is 1.21. The van der Waals surface area contributed by atoms with Crippen LogP contribution in [0.5, 0.6) is 0 Å². The van der Waals surface area contributed by atoms with Crippen LogP contribution in [0.3, 0.4) is 0 Å². The molecule has 1 rings (SSSR count). The summed E-state index contributed by atoms with van der Waals surface area (Å²) >= 11 is 3.56. The fourth-order valence-electron chi connectivity index (χ4n) is 2.23. The van der Waals surface area contributed by atoms with E-state index in [1.807, 2.05) is 0 Å². The maximum absolute atomic E-state index is 3.56. The number of benzene rings is 1. The van der Waals surface area contributed by atoms with Gasteiger partial charge in [0.2, 0.25) is 0 Å². The van der Waals surface area contributed by atoms with Crippen molar-refractivity contribution in [2.45, 2.75) is 52.4 Å². The van der Waals surface area contributed by atoms with Gasteiger partial charge in [0.15, 0.2) is 0 Å². The molecule has 96 valence electrons. The lowest BCUT2D eigenvalue weighted by molar-refractivity contribution is 0.488. The van der Waals surface area contributed by atoms with Crippen LogP contribution in [0.4, 0.5) is 0 Å². The van der Waals surface area contributed by atoms with Crippen molar-refractivity contribution >= 4 is 15.9 Å². The molecule has 0 aliphatic heterocycles. The molecule has 0 bridgehead atoms. The number of rotatable bonds is 4. The zero-order valence-electron chi connectivity index (χ0n) is 11.8. The van der Waals surface area contributed by atoms with Crippen LogP contribution in [0.1, 0.15) is 58.1 Å². The highest BCUT2D eigenvalue weighted by Crippen LogP contribution is 2.30. The number of halogens is 1. The second-order valence-electron chi connectivity index (χ2n) is 6.20. The van der Waals surface area contributed by atoms with E-state index in [4.69, 9.17) is 0 Å². The van der Waals surface area contributed by atoms with Crippen molar-refractivity contribution in [3.63, 3.8) is 0 Å². The van der Waals surface area contributed by atoms with E-state index < -0.39 is 0 Å². The Balaban J connectivity index is 2.92. The van der Waals surface area contributed by atoms with Gasteiger partial charge in [-0.1, -0.05) is 74.8 Å². The van der Waals surface area contributed by atoms with Gasteiger partial charge in [-0.15, -0.1) is 0 Å². The summed E-state index contributed by atoms with van der Waals surface area (Å²) < 4.78 is 0. The lowest BCUT2D eigenvalue weighted by Gasteiger charge is -2.23. The maximum atomic E-state index is 3.56. The van der Waals surface area contributed by atoms with Gasteiger partial charge in [0.25, 0.3) is 0 Å². The molecule has 0 aliphatic carbocycles. The van der Waals surface area contributed by atoms with Crippen LogP contribution < -0.4 is 0 Å². The molecule has 0 fully saturated rings. The summed E-state index contributed by atoms with van der Waals surface area (Å²) in [5.41, 5.74) is 3.15. The topological polar surface area (TPSA) is 0 Å². The van der Waals surface area contributed by atoms with Crippen molar-refractivity contribution in [2.75, 3.05) is 5.33 Å². The van der Waals surface area contributed by atoms with Crippen molar-refractivity contribution in [3.05, 3.63) is 35.4 Å². The summed E-state index contributed by atoms with van der Waals surface area (Å²) in [6.45, 7) is 11.4. The minimum atomic E-state index is 0.251. The minimum Gasteiger partial charge on any atom is -0.0928 e. The van der Waals surface area contributed by atoms with E-state index >= 15 is 0 Å². The van der Waals surface area contributed by atoms with Gasteiger partial charge in [-0.05, 0) is 34.8 Å². The third-order valence-electron chi connectivity index (χ3n) is 3.43. The first-order chi connectivity index (χ1) is 7.86. The molecule has 0 saturated heterocycles. The van der Waals surface area contributed by atoms with Gasteiger partial charge in [-0.3, -0.25) is 0 Å². The molecule has 0 aromatic heterocycles. The number of hydrogen-bond acceptors (Lipinski definition) is 0. The van der Waals surface area contributed by atoms with Crippen LogP contribution in [0.2, 0.25) is 0 Å². The number of alkyl halides is 1. The molecule has 0 spiro atoms. The van der Waals surface area contributed by atoms with E-state index in [0.717, 1.165) is 5.33 Å². The quantitative estimate of drug-likeness (QED) is 0.643. The fraction of sp³-hybridized carbons (Fsp3) is 0.625. The van der Waals surface area contributed by atoms with Crippen LogP contribution in [0, 0.1) is 5.92 Å². The Hall–Kier alpha value is -0.300. The van der Waals surface area contributed by atoms with Gasteiger partial charge in [0, 0.05) is 5.33 Å². The first-order valence-electron chi connectivity index (χ1n) is 6.52. The van der Waals surface area contributed by atoms with Crippen LogP contribution in [0.15, 0.2) is 24.3 Å². The molecule has 1 aromatic rings. The van der Waals surface area contributed by atoms with Crippen molar-refractivity contribution in [1.29, 1.82) is 0 Å². The van der Waals surface area contributed by atoms with E-state index in [2.05, 4.69) is 74.8 Å². The average molecular weight is 297 g/mol. The standard InChI is InChI=1S/C16H25Br/c1-12(2)15(10-11-17)13-6-8-14(9-7-13)16(3,4)5/h6-9,12,15H,10-11H2,1-5H3. The van der Waals surface area contributed by atoms with Crippen molar-refractivity contribution in [1.82, 2.24) is 0 Å². The smallest absolute Gasteiger partial charge is 0.00372 e. The molecule has 0 aliphatic rings. The molecule has 0 nitrogen and oxygen atoms in total. The molecule has 0 radical (unpaired) electrons. The van der Waals surface area contributed by atoms with Crippen LogP contribution in [-0.2, 0) is 5.41 Å². The molecule has 1 aromatic carbocycles. The molecule has 0 heterocycles. The summed E-state index contributed by atoms with van der Waals surface area (Å²) in [5, 5.41) is 1.08. The Labute approximate surface area is 115 Å². The zero-order valence-corrected chi connectivity index (χ0v) is 13.3. The Kier molecular flexibility index (Phi) is 5.24. The first-order valence-corrected chi connectivity index (χ1v) is 7.65. The Morgan fingerprint density at radius 2 is 1.59 bits per heavy atom. The third kappa shape index (κ3) is 4.13. The van der Waals surface area contributed by atoms with E-state index in [1.54, 1.807) is 0 Å². The average Bonchev–Trinajstić information content (AvgIpc) is 2.24. The van der Waals surface area contributed by atoms with Gasteiger partial charge >= 0.3 is 0 Å². The lowest BCUT2D eigenvalue weighted by Crippen LogP contribution is -2.12. The van der Waals surface area contributed by atoms with Crippen LogP contribution in [-0.4, -0.2) is 5.33 Å². The van der Waals surface area contributed by atoms with E-state index in [9.17, 15) is 0 Å². The van der Waals surface area contributed by atoms with Gasteiger partial charge in [-0.2, -0.15) is 0 Å². The largest absolute Gasteiger partial charge is 0.0928 e. The molecular weight excluding hydrogens is 272 g/mol. The normalized spacial score (nSPS) is 14.1. The summed E-state index contributed by atoms with van der Waals surface area (Å²) in [4.78, 5) is 0. The van der Waals surface area contributed by atoms with Gasteiger partial charge < -0.3 is 0 Å². The Bertz CT molecular complexity index is 330. The monoisotopic (exact) mass is 296 g/mol. The minimum absolute atomic E-state index is 0.251. The van der Waals surface area contributed by atoms with Crippen LogP contribution in [0.25, 0.3) is 0 Å². The van der Waals surface area contributed by atoms with Crippen molar-refractivity contribution in [3.8, 4) is 0 Å². The Morgan fingerprint density at radius 3 is 1.94 bits per heavy atom. The second-order valence-corrected chi connectivity index (χ2v) is 6.99. The highest BCUT2D eigenvalue weighted by Gasteiger charge is 2.17. The fourth-order valence-corrected chi connectivity index (χ4v) is 2.73.